The molecule has 0 aliphatic rings. The molecule has 0 radical (unpaired) electrons. The number of hydrogen-bond acceptors (Lipinski definition) is 4. The Labute approximate surface area is 118 Å². The van der Waals surface area contributed by atoms with Crippen molar-refractivity contribution in [2.75, 3.05) is 0 Å². The van der Waals surface area contributed by atoms with Crippen molar-refractivity contribution in [2.45, 2.75) is 34.1 Å². The van der Waals surface area contributed by atoms with E-state index in [2.05, 4.69) is 38.0 Å². The molecule has 0 aromatic heterocycles. The molecule has 0 aliphatic carbocycles. The van der Waals surface area contributed by atoms with Crippen molar-refractivity contribution in [3.8, 4) is 0 Å². The highest BCUT2D eigenvalue weighted by Gasteiger charge is 2.13. The van der Waals surface area contributed by atoms with Crippen molar-refractivity contribution in [3.63, 3.8) is 0 Å². The molecule has 1 aromatic carbocycles. The SMILES string of the molecule is CC(C)C.CC/C(=N\S)c1cc([N+](=O)[O-])ccc1F. The van der Waals surface area contributed by atoms with E-state index < -0.39 is 10.7 Å². The summed E-state index contributed by atoms with van der Waals surface area (Å²) in [4.78, 5) is 9.91. The highest BCUT2D eigenvalue weighted by atomic mass is 32.1. The van der Waals surface area contributed by atoms with E-state index in [9.17, 15) is 14.5 Å². The van der Waals surface area contributed by atoms with Gasteiger partial charge in [-0.15, -0.1) is 0 Å². The number of nitro benzene ring substituents is 1. The van der Waals surface area contributed by atoms with Crippen LogP contribution in [0, 0.1) is 21.8 Å². The summed E-state index contributed by atoms with van der Waals surface area (Å²) in [5, 5.41) is 10.5. The van der Waals surface area contributed by atoms with Crippen LogP contribution < -0.4 is 0 Å². The van der Waals surface area contributed by atoms with Gasteiger partial charge in [0.15, 0.2) is 0 Å². The van der Waals surface area contributed by atoms with Gasteiger partial charge in [-0.3, -0.25) is 10.1 Å². The number of non-ortho nitro benzene ring substituents is 1. The molecular weight excluding hydrogens is 267 g/mol. The molecule has 0 heterocycles. The molecule has 106 valence electrons. The van der Waals surface area contributed by atoms with Gasteiger partial charge in [-0.25, -0.2) is 8.79 Å². The van der Waals surface area contributed by atoms with Crippen LogP contribution in [0.1, 0.15) is 39.7 Å². The predicted molar refractivity (Wildman–Crippen MR) is 79.4 cm³/mol. The molecule has 0 aliphatic heterocycles. The van der Waals surface area contributed by atoms with E-state index in [0.29, 0.717) is 12.1 Å². The minimum absolute atomic E-state index is 0.127. The van der Waals surface area contributed by atoms with E-state index in [0.717, 1.165) is 24.1 Å². The first-order valence-corrected chi connectivity index (χ1v) is 6.38. The van der Waals surface area contributed by atoms with Crippen LogP contribution in [-0.2, 0) is 0 Å². The Balaban J connectivity index is 0.000000711. The lowest BCUT2D eigenvalue weighted by molar-refractivity contribution is -0.384. The fourth-order valence-electron chi connectivity index (χ4n) is 1.16. The average Bonchev–Trinajstić information content (AvgIpc) is 2.31. The smallest absolute Gasteiger partial charge is 0.258 e. The minimum Gasteiger partial charge on any atom is -0.258 e. The summed E-state index contributed by atoms with van der Waals surface area (Å²) in [7, 11) is 0. The summed E-state index contributed by atoms with van der Waals surface area (Å²) in [6.07, 6.45) is 0.460. The van der Waals surface area contributed by atoms with Gasteiger partial charge in [0.1, 0.15) is 5.82 Å². The molecule has 0 unspecified atom stereocenters. The van der Waals surface area contributed by atoms with Gasteiger partial charge in [0.05, 0.1) is 10.6 Å². The van der Waals surface area contributed by atoms with Crippen LogP contribution in [0.2, 0.25) is 0 Å². The average molecular weight is 286 g/mol. The number of thiol groups is 1. The third-order valence-electron chi connectivity index (χ3n) is 1.93. The number of halogens is 1. The van der Waals surface area contributed by atoms with Gasteiger partial charge in [0.25, 0.3) is 5.69 Å². The number of rotatable bonds is 3. The maximum Gasteiger partial charge on any atom is 0.270 e. The highest BCUT2D eigenvalue weighted by molar-refractivity contribution is 7.79. The number of hydrogen-bond donors (Lipinski definition) is 1. The van der Waals surface area contributed by atoms with E-state index in [-0.39, 0.29) is 11.3 Å². The quantitative estimate of drug-likeness (QED) is 0.386. The second-order valence-electron chi connectivity index (χ2n) is 4.55. The Morgan fingerprint density at radius 1 is 1.47 bits per heavy atom. The van der Waals surface area contributed by atoms with Gasteiger partial charge in [-0.1, -0.05) is 27.7 Å². The lowest BCUT2D eigenvalue weighted by atomic mass is 10.1. The lowest BCUT2D eigenvalue weighted by Crippen LogP contribution is -2.02. The van der Waals surface area contributed by atoms with Crippen LogP contribution in [0.5, 0.6) is 0 Å². The summed E-state index contributed by atoms with van der Waals surface area (Å²) in [6.45, 7) is 8.27. The third-order valence-corrected chi connectivity index (χ3v) is 2.17. The van der Waals surface area contributed by atoms with Crippen LogP contribution in [0.15, 0.2) is 22.6 Å². The van der Waals surface area contributed by atoms with Crippen molar-refractivity contribution in [1.82, 2.24) is 0 Å². The first kappa shape index (κ1) is 17.6. The molecule has 6 heteroatoms. The normalized spacial score (nSPS) is 11.0. The monoisotopic (exact) mass is 286 g/mol. The van der Waals surface area contributed by atoms with Crippen LogP contribution >= 0.6 is 12.8 Å². The van der Waals surface area contributed by atoms with Crippen LogP contribution in [-0.4, -0.2) is 10.6 Å². The molecule has 0 fully saturated rings. The maximum absolute atomic E-state index is 13.3. The van der Waals surface area contributed by atoms with Gasteiger partial charge >= 0.3 is 0 Å². The number of benzene rings is 1. The van der Waals surface area contributed by atoms with Crippen LogP contribution in [0.3, 0.4) is 0 Å². The van der Waals surface area contributed by atoms with Crippen molar-refractivity contribution in [3.05, 3.63) is 39.7 Å². The molecule has 1 rings (SSSR count). The number of nitrogens with zero attached hydrogens (tertiary/aromatic N) is 2. The van der Waals surface area contributed by atoms with Crippen molar-refractivity contribution in [2.24, 2.45) is 10.3 Å². The molecule has 4 nitrogen and oxygen atoms in total. The van der Waals surface area contributed by atoms with Gasteiger partial charge in [0, 0.05) is 17.7 Å². The summed E-state index contributed by atoms with van der Waals surface area (Å²) in [5.41, 5.74) is 0.357. The van der Waals surface area contributed by atoms with E-state index in [1.807, 2.05) is 0 Å². The summed E-state index contributed by atoms with van der Waals surface area (Å²) < 4.78 is 16.9. The zero-order valence-corrected chi connectivity index (χ0v) is 12.4. The van der Waals surface area contributed by atoms with Gasteiger partial charge in [0.2, 0.25) is 0 Å². The van der Waals surface area contributed by atoms with Crippen molar-refractivity contribution >= 4 is 24.2 Å². The number of nitro groups is 1. The first-order valence-electron chi connectivity index (χ1n) is 5.98. The zero-order valence-electron chi connectivity index (χ0n) is 11.6. The molecule has 0 saturated carbocycles. The van der Waals surface area contributed by atoms with E-state index >= 15 is 0 Å². The molecule has 0 atom stereocenters. The highest BCUT2D eigenvalue weighted by Crippen LogP contribution is 2.19. The van der Waals surface area contributed by atoms with Crippen molar-refractivity contribution in [1.29, 1.82) is 0 Å². The molecule has 0 bridgehead atoms. The second-order valence-corrected chi connectivity index (χ2v) is 4.75. The Hall–Kier alpha value is -1.43. The molecule has 0 amide bonds. The fourth-order valence-corrected chi connectivity index (χ4v) is 1.41. The van der Waals surface area contributed by atoms with Gasteiger partial charge in [-0.05, 0) is 31.2 Å². The largest absolute Gasteiger partial charge is 0.270 e. The third kappa shape index (κ3) is 6.33. The Bertz CT molecular complexity index is 459. The molecule has 0 N–H and O–H groups in total. The van der Waals surface area contributed by atoms with E-state index in [1.165, 1.54) is 0 Å². The van der Waals surface area contributed by atoms with Crippen molar-refractivity contribution < 1.29 is 9.31 Å². The summed E-state index contributed by atoms with van der Waals surface area (Å²) >= 11 is 3.69. The maximum atomic E-state index is 13.3. The molecule has 19 heavy (non-hydrogen) atoms. The molecule has 0 spiro atoms. The summed E-state index contributed by atoms with van der Waals surface area (Å²) in [6, 6.07) is 3.33. The standard InChI is InChI=1S/C9H9FN2O2S.C4H10/c1-2-9(11-15)7-5-6(12(13)14)3-4-8(7)10;1-4(2)3/h3-5,15H,2H2,1H3;4H,1-3H3/b11-9+;. The van der Waals surface area contributed by atoms with E-state index in [4.69, 9.17) is 0 Å². The van der Waals surface area contributed by atoms with Gasteiger partial charge in [-0.2, -0.15) is 0 Å². The second kappa shape index (κ2) is 8.63. The zero-order chi connectivity index (χ0) is 15.0. The lowest BCUT2D eigenvalue weighted by Gasteiger charge is -2.03. The van der Waals surface area contributed by atoms with Gasteiger partial charge < -0.3 is 0 Å². The fraction of sp³-hybridized carbons (Fsp3) is 0.462. The van der Waals surface area contributed by atoms with Crippen LogP contribution in [0.25, 0.3) is 0 Å². The van der Waals surface area contributed by atoms with E-state index in [1.54, 1.807) is 6.92 Å². The first-order chi connectivity index (χ1) is 8.83. The Kier molecular flexibility index (Phi) is 7.98. The predicted octanol–water partition coefficient (Wildman–Crippen LogP) is 4.44. The topological polar surface area (TPSA) is 55.5 Å². The molecule has 1 aromatic rings. The molecule has 0 saturated heterocycles. The Morgan fingerprint density at radius 3 is 2.37 bits per heavy atom. The molecular formula is C13H19FN2O2S. The van der Waals surface area contributed by atoms with Crippen LogP contribution in [0.4, 0.5) is 10.1 Å². The minimum atomic E-state index is -0.575. The summed E-state index contributed by atoms with van der Waals surface area (Å²) in [5.74, 6) is 0.301. The Morgan fingerprint density at radius 2 is 2.00 bits per heavy atom.